The fourth-order valence-electron chi connectivity index (χ4n) is 2.81. The molecule has 1 heterocycles. The van der Waals surface area contributed by atoms with E-state index in [0.717, 1.165) is 18.3 Å². The molecule has 1 aromatic rings. The Morgan fingerprint density at radius 2 is 1.84 bits per heavy atom. The topological polar surface area (TPSA) is 21.3 Å². The fourth-order valence-corrected chi connectivity index (χ4v) is 2.81. The average molecular weight is 259 g/mol. The number of aryl methyl sites for hydroxylation is 2. The molecule has 1 N–H and O–H groups in total. The van der Waals surface area contributed by atoms with Gasteiger partial charge in [0, 0.05) is 0 Å². The molecular formula is C16H26BNO. The first kappa shape index (κ1) is 14.5. The van der Waals surface area contributed by atoms with E-state index in [-0.39, 0.29) is 0 Å². The third-order valence-corrected chi connectivity index (χ3v) is 4.38. The molecular weight excluding hydrogens is 233 g/mol. The minimum Gasteiger partial charge on any atom is -0.494 e. The van der Waals surface area contributed by atoms with E-state index in [1.807, 2.05) is 0 Å². The molecule has 3 heteroatoms. The minimum absolute atomic E-state index is 0.853. The van der Waals surface area contributed by atoms with Crippen LogP contribution in [0.5, 0.6) is 5.75 Å². The van der Waals surface area contributed by atoms with Crippen molar-refractivity contribution in [3.63, 3.8) is 0 Å². The summed E-state index contributed by atoms with van der Waals surface area (Å²) in [6, 6.07) is 4.32. The van der Waals surface area contributed by atoms with Gasteiger partial charge in [-0.25, -0.2) is 0 Å². The van der Waals surface area contributed by atoms with E-state index < -0.39 is 0 Å². The first-order chi connectivity index (χ1) is 9.16. The Labute approximate surface area is 118 Å². The van der Waals surface area contributed by atoms with Crippen LogP contribution in [-0.2, 0) is 0 Å². The molecule has 104 valence electrons. The van der Waals surface area contributed by atoms with Crippen molar-refractivity contribution in [2.75, 3.05) is 19.7 Å². The molecule has 1 saturated heterocycles. The quantitative estimate of drug-likeness (QED) is 0.642. The van der Waals surface area contributed by atoms with E-state index in [2.05, 4.69) is 39.1 Å². The van der Waals surface area contributed by atoms with Gasteiger partial charge in [0.25, 0.3) is 0 Å². The maximum absolute atomic E-state index is 5.90. The van der Waals surface area contributed by atoms with Gasteiger partial charge in [0.15, 0.2) is 0 Å². The second-order valence-corrected chi connectivity index (χ2v) is 5.87. The second-order valence-electron chi connectivity index (χ2n) is 5.87. The number of hydrogen-bond acceptors (Lipinski definition) is 2. The molecule has 1 aliphatic rings. The zero-order valence-corrected chi connectivity index (χ0v) is 12.6. The zero-order chi connectivity index (χ0) is 13.7. The molecule has 0 amide bonds. The maximum Gasteiger partial charge on any atom is 0.139 e. The third-order valence-electron chi connectivity index (χ3n) is 4.38. The molecule has 0 aromatic heterocycles. The predicted octanol–water partition coefficient (Wildman–Crippen LogP) is 1.72. The molecule has 2 nitrogen and oxygen atoms in total. The lowest BCUT2D eigenvalue weighted by molar-refractivity contribution is 0.273. The van der Waals surface area contributed by atoms with Gasteiger partial charge < -0.3 is 10.1 Å². The van der Waals surface area contributed by atoms with Crippen LogP contribution < -0.4 is 15.5 Å². The summed E-state index contributed by atoms with van der Waals surface area (Å²) >= 11 is 0. The highest BCUT2D eigenvalue weighted by Crippen LogP contribution is 2.19. The zero-order valence-electron chi connectivity index (χ0n) is 12.6. The molecule has 0 unspecified atom stereocenters. The van der Waals surface area contributed by atoms with Crippen LogP contribution in [0.25, 0.3) is 0 Å². The molecule has 19 heavy (non-hydrogen) atoms. The third kappa shape index (κ3) is 4.27. The van der Waals surface area contributed by atoms with Crippen LogP contribution in [0, 0.1) is 19.8 Å². The summed E-state index contributed by atoms with van der Waals surface area (Å²) in [5.41, 5.74) is 4.03. The summed E-state index contributed by atoms with van der Waals surface area (Å²) in [6.07, 6.45) is 5.16. The molecule has 1 aromatic carbocycles. The van der Waals surface area contributed by atoms with E-state index in [9.17, 15) is 0 Å². The standard InChI is InChI=1S/C16H26BNO/c1-12-10-15(11-13(2)16(12)17)19-9-3-4-14-5-7-18-8-6-14/h10-11,14,18H,3-9,17H2,1-2H3. The molecule has 0 bridgehead atoms. The van der Waals surface area contributed by atoms with E-state index in [1.54, 1.807) is 0 Å². The fraction of sp³-hybridized carbons (Fsp3) is 0.625. The van der Waals surface area contributed by atoms with Crippen LogP contribution in [0.2, 0.25) is 0 Å². The summed E-state index contributed by atoms with van der Waals surface area (Å²) in [4.78, 5) is 0. The van der Waals surface area contributed by atoms with Crippen LogP contribution in [0.15, 0.2) is 12.1 Å². The summed E-state index contributed by atoms with van der Waals surface area (Å²) in [5, 5.41) is 3.42. The first-order valence-corrected chi connectivity index (χ1v) is 7.58. The normalized spacial score (nSPS) is 16.5. The molecule has 0 radical (unpaired) electrons. The Morgan fingerprint density at radius 1 is 1.21 bits per heavy atom. The molecule has 0 saturated carbocycles. The van der Waals surface area contributed by atoms with Crippen molar-refractivity contribution in [1.82, 2.24) is 5.32 Å². The lowest BCUT2D eigenvalue weighted by atomic mass is 9.87. The van der Waals surface area contributed by atoms with Crippen LogP contribution in [0.1, 0.15) is 36.8 Å². The van der Waals surface area contributed by atoms with Crippen molar-refractivity contribution >= 4 is 13.3 Å². The van der Waals surface area contributed by atoms with E-state index in [0.29, 0.717) is 0 Å². The van der Waals surface area contributed by atoms with E-state index in [1.165, 1.54) is 55.4 Å². The van der Waals surface area contributed by atoms with Crippen LogP contribution in [0.4, 0.5) is 0 Å². The van der Waals surface area contributed by atoms with Gasteiger partial charge in [0.05, 0.1) is 6.61 Å². The number of ether oxygens (including phenoxy) is 1. The van der Waals surface area contributed by atoms with Crippen molar-refractivity contribution in [2.45, 2.75) is 39.5 Å². The van der Waals surface area contributed by atoms with E-state index >= 15 is 0 Å². The predicted molar refractivity (Wildman–Crippen MR) is 84.4 cm³/mol. The van der Waals surface area contributed by atoms with Crippen LogP contribution >= 0.6 is 0 Å². The van der Waals surface area contributed by atoms with Crippen LogP contribution in [-0.4, -0.2) is 27.5 Å². The molecule has 0 atom stereocenters. The van der Waals surface area contributed by atoms with Crippen molar-refractivity contribution in [2.24, 2.45) is 5.92 Å². The number of hydrogen-bond donors (Lipinski definition) is 1. The van der Waals surface area contributed by atoms with Gasteiger partial charge in [-0.15, -0.1) is 0 Å². The molecule has 2 rings (SSSR count). The van der Waals surface area contributed by atoms with Gasteiger partial charge in [-0.3, -0.25) is 0 Å². The van der Waals surface area contributed by atoms with Crippen molar-refractivity contribution in [1.29, 1.82) is 0 Å². The molecule has 0 spiro atoms. The van der Waals surface area contributed by atoms with Crippen LogP contribution in [0.3, 0.4) is 0 Å². The Balaban J connectivity index is 1.73. The Morgan fingerprint density at radius 3 is 2.47 bits per heavy atom. The summed E-state index contributed by atoms with van der Waals surface area (Å²) in [7, 11) is 2.17. The lowest BCUT2D eigenvalue weighted by Crippen LogP contribution is -2.27. The smallest absolute Gasteiger partial charge is 0.139 e. The van der Waals surface area contributed by atoms with Gasteiger partial charge in [0.1, 0.15) is 13.6 Å². The number of benzene rings is 1. The Hall–Kier alpha value is -0.955. The van der Waals surface area contributed by atoms with E-state index in [4.69, 9.17) is 4.74 Å². The van der Waals surface area contributed by atoms with Gasteiger partial charge >= 0.3 is 0 Å². The summed E-state index contributed by atoms with van der Waals surface area (Å²) in [6.45, 7) is 7.56. The SMILES string of the molecule is Bc1c(C)cc(OCCCC2CCNCC2)cc1C. The summed E-state index contributed by atoms with van der Waals surface area (Å²) < 4.78 is 5.90. The van der Waals surface area contributed by atoms with Crippen molar-refractivity contribution < 1.29 is 4.74 Å². The Kier molecular flexibility index (Phi) is 5.32. The molecule has 1 aliphatic heterocycles. The number of piperidine rings is 1. The lowest BCUT2D eigenvalue weighted by Gasteiger charge is -2.22. The van der Waals surface area contributed by atoms with Gasteiger partial charge in [-0.2, -0.15) is 0 Å². The summed E-state index contributed by atoms with van der Waals surface area (Å²) in [5.74, 6) is 1.94. The monoisotopic (exact) mass is 259 g/mol. The van der Waals surface area contributed by atoms with Crippen molar-refractivity contribution in [3.05, 3.63) is 23.3 Å². The highest BCUT2D eigenvalue weighted by Gasteiger charge is 2.12. The van der Waals surface area contributed by atoms with Gasteiger partial charge in [-0.1, -0.05) is 16.6 Å². The number of rotatable bonds is 5. The average Bonchev–Trinajstić information content (AvgIpc) is 2.42. The second kappa shape index (κ2) is 7.00. The highest BCUT2D eigenvalue weighted by atomic mass is 16.5. The maximum atomic E-state index is 5.90. The van der Waals surface area contributed by atoms with Gasteiger partial charge in [0.2, 0.25) is 0 Å². The van der Waals surface area contributed by atoms with Crippen molar-refractivity contribution in [3.8, 4) is 5.75 Å². The minimum atomic E-state index is 0.853. The number of nitrogens with one attached hydrogen (secondary N) is 1. The molecule has 0 aliphatic carbocycles. The first-order valence-electron chi connectivity index (χ1n) is 7.58. The van der Waals surface area contributed by atoms with Gasteiger partial charge in [-0.05, 0) is 70.7 Å². The largest absolute Gasteiger partial charge is 0.494 e. The highest BCUT2D eigenvalue weighted by molar-refractivity contribution is 6.34. The Bertz CT molecular complexity index is 390. The molecule has 1 fully saturated rings.